The number of halogens is 1. The molecule has 0 radical (unpaired) electrons. The molecule has 0 bridgehead atoms. The Morgan fingerprint density at radius 3 is 3.11 bits per heavy atom. The zero-order valence-electron chi connectivity index (χ0n) is 10.3. The molecule has 0 amide bonds. The van der Waals surface area contributed by atoms with Crippen LogP contribution in [0.1, 0.15) is 24.8 Å². The fourth-order valence-electron chi connectivity index (χ4n) is 3.16. The summed E-state index contributed by atoms with van der Waals surface area (Å²) in [5.74, 6) is 0. The van der Waals surface area contributed by atoms with Crippen LogP contribution in [-0.4, -0.2) is 30.4 Å². The molecule has 98 valence electrons. The minimum atomic E-state index is 0.0568. The van der Waals surface area contributed by atoms with Crippen LogP contribution in [0.25, 0.3) is 0 Å². The lowest BCUT2D eigenvalue weighted by molar-refractivity contribution is 0.0255. The number of rotatable bonds is 2. The highest BCUT2D eigenvalue weighted by Gasteiger charge is 2.36. The molecule has 3 rings (SSSR count). The second-order valence-electron chi connectivity index (χ2n) is 5.03. The zero-order chi connectivity index (χ0) is 12.5. The quantitative estimate of drug-likeness (QED) is 0.894. The molecule has 1 aromatic carbocycles. The third-order valence-corrected chi connectivity index (χ3v) is 4.24. The standard InChI is InChI=1S/C14H18ClNO2/c15-11-5-4-10(9-17)13(8-11)16-6-7-18-14-3-1-2-12(14)16/h4-5,8,12,14,17H,1-3,6-7,9H2. The van der Waals surface area contributed by atoms with Crippen molar-refractivity contribution in [3.8, 4) is 0 Å². The van der Waals surface area contributed by atoms with E-state index in [0.29, 0.717) is 12.1 Å². The molecule has 2 atom stereocenters. The molecule has 4 heteroatoms. The van der Waals surface area contributed by atoms with Gasteiger partial charge in [0.05, 0.1) is 25.4 Å². The third kappa shape index (κ3) is 2.11. The lowest BCUT2D eigenvalue weighted by atomic mass is 10.1. The summed E-state index contributed by atoms with van der Waals surface area (Å²) < 4.78 is 5.82. The van der Waals surface area contributed by atoms with Crippen molar-refractivity contribution in [2.45, 2.75) is 38.0 Å². The van der Waals surface area contributed by atoms with Crippen LogP contribution in [0.15, 0.2) is 18.2 Å². The highest BCUT2D eigenvalue weighted by atomic mass is 35.5. The van der Waals surface area contributed by atoms with Gasteiger partial charge in [0.15, 0.2) is 0 Å². The van der Waals surface area contributed by atoms with Crippen LogP contribution in [0.5, 0.6) is 0 Å². The van der Waals surface area contributed by atoms with E-state index in [2.05, 4.69) is 4.90 Å². The number of aliphatic hydroxyl groups is 1. The van der Waals surface area contributed by atoms with E-state index >= 15 is 0 Å². The molecule has 2 unspecified atom stereocenters. The van der Waals surface area contributed by atoms with Crippen LogP contribution in [0, 0.1) is 0 Å². The third-order valence-electron chi connectivity index (χ3n) is 4.01. The molecule has 0 aromatic heterocycles. The maximum absolute atomic E-state index is 9.48. The Morgan fingerprint density at radius 2 is 2.28 bits per heavy atom. The smallest absolute Gasteiger partial charge is 0.0779 e. The van der Waals surface area contributed by atoms with Crippen molar-refractivity contribution in [2.75, 3.05) is 18.1 Å². The fourth-order valence-corrected chi connectivity index (χ4v) is 3.33. The van der Waals surface area contributed by atoms with Crippen molar-refractivity contribution < 1.29 is 9.84 Å². The summed E-state index contributed by atoms with van der Waals surface area (Å²) in [5.41, 5.74) is 2.03. The van der Waals surface area contributed by atoms with Crippen molar-refractivity contribution in [1.82, 2.24) is 0 Å². The summed E-state index contributed by atoms with van der Waals surface area (Å²) in [5, 5.41) is 10.2. The van der Waals surface area contributed by atoms with Crippen LogP contribution in [0.4, 0.5) is 5.69 Å². The van der Waals surface area contributed by atoms with Gasteiger partial charge in [0, 0.05) is 22.8 Å². The Bertz CT molecular complexity index is 438. The minimum Gasteiger partial charge on any atom is -0.392 e. The Morgan fingerprint density at radius 1 is 1.39 bits per heavy atom. The molecule has 2 aliphatic rings. The summed E-state index contributed by atoms with van der Waals surface area (Å²) in [7, 11) is 0. The van der Waals surface area contributed by atoms with Gasteiger partial charge in [-0.05, 0) is 31.4 Å². The Kier molecular flexibility index (Phi) is 3.46. The van der Waals surface area contributed by atoms with Crippen molar-refractivity contribution in [1.29, 1.82) is 0 Å². The number of morpholine rings is 1. The molecule has 1 saturated heterocycles. The van der Waals surface area contributed by atoms with Gasteiger partial charge in [-0.1, -0.05) is 17.7 Å². The molecule has 1 N–H and O–H groups in total. The van der Waals surface area contributed by atoms with Crippen molar-refractivity contribution >= 4 is 17.3 Å². The number of aliphatic hydroxyl groups excluding tert-OH is 1. The molecule has 1 aliphatic heterocycles. The average Bonchev–Trinajstić information content (AvgIpc) is 2.86. The Balaban J connectivity index is 1.95. The summed E-state index contributed by atoms with van der Waals surface area (Å²) >= 11 is 6.10. The van der Waals surface area contributed by atoms with Crippen LogP contribution in [0.3, 0.4) is 0 Å². The normalized spacial score (nSPS) is 27.3. The second-order valence-corrected chi connectivity index (χ2v) is 5.47. The molecule has 1 saturated carbocycles. The maximum atomic E-state index is 9.48. The molecule has 0 spiro atoms. The topological polar surface area (TPSA) is 32.7 Å². The number of ether oxygens (including phenoxy) is 1. The second kappa shape index (κ2) is 5.08. The van der Waals surface area contributed by atoms with Gasteiger partial charge in [0.25, 0.3) is 0 Å². The van der Waals surface area contributed by atoms with E-state index in [1.165, 1.54) is 12.8 Å². The van der Waals surface area contributed by atoms with Crippen molar-refractivity contribution in [2.24, 2.45) is 0 Å². The summed E-state index contributed by atoms with van der Waals surface area (Å²) in [6.07, 6.45) is 3.89. The molecule has 1 aromatic rings. The lowest BCUT2D eigenvalue weighted by Crippen LogP contribution is -2.49. The van der Waals surface area contributed by atoms with Crippen molar-refractivity contribution in [3.63, 3.8) is 0 Å². The van der Waals surface area contributed by atoms with Crippen LogP contribution in [0.2, 0.25) is 5.02 Å². The summed E-state index contributed by atoms with van der Waals surface area (Å²) in [4.78, 5) is 2.37. The first-order chi connectivity index (χ1) is 8.79. The SMILES string of the molecule is OCc1ccc(Cl)cc1N1CCOC2CCCC21. The predicted molar refractivity (Wildman–Crippen MR) is 72.1 cm³/mol. The number of benzene rings is 1. The largest absolute Gasteiger partial charge is 0.392 e. The van der Waals surface area contributed by atoms with Gasteiger partial charge >= 0.3 is 0 Å². The molecule has 3 nitrogen and oxygen atoms in total. The number of nitrogens with zero attached hydrogens (tertiary/aromatic N) is 1. The first-order valence-electron chi connectivity index (χ1n) is 6.57. The number of hydrogen-bond donors (Lipinski definition) is 1. The van der Waals surface area contributed by atoms with Crippen LogP contribution < -0.4 is 4.90 Å². The Labute approximate surface area is 112 Å². The maximum Gasteiger partial charge on any atom is 0.0779 e. The summed E-state index contributed by atoms with van der Waals surface area (Å²) in [6.45, 7) is 1.70. The van der Waals surface area contributed by atoms with E-state index in [1.54, 1.807) is 0 Å². The lowest BCUT2D eigenvalue weighted by Gasteiger charge is -2.40. The molecule has 18 heavy (non-hydrogen) atoms. The first kappa shape index (κ1) is 12.3. The number of anilines is 1. The van der Waals surface area contributed by atoms with E-state index in [1.807, 2.05) is 18.2 Å². The number of fused-ring (bicyclic) bond motifs is 1. The van der Waals surface area contributed by atoms with Gasteiger partial charge in [0.1, 0.15) is 0 Å². The zero-order valence-corrected chi connectivity index (χ0v) is 11.1. The van der Waals surface area contributed by atoms with Gasteiger partial charge in [-0.2, -0.15) is 0 Å². The number of hydrogen-bond acceptors (Lipinski definition) is 3. The van der Waals surface area contributed by atoms with Gasteiger partial charge < -0.3 is 14.7 Å². The monoisotopic (exact) mass is 267 g/mol. The average molecular weight is 268 g/mol. The molecular formula is C14H18ClNO2. The van der Waals surface area contributed by atoms with E-state index in [4.69, 9.17) is 16.3 Å². The molecule has 2 fully saturated rings. The van der Waals surface area contributed by atoms with Gasteiger partial charge in [-0.15, -0.1) is 0 Å². The van der Waals surface area contributed by atoms with Gasteiger partial charge in [0.2, 0.25) is 0 Å². The molecule has 1 aliphatic carbocycles. The van der Waals surface area contributed by atoms with Crippen LogP contribution in [-0.2, 0) is 11.3 Å². The molecular weight excluding hydrogens is 250 g/mol. The minimum absolute atomic E-state index is 0.0568. The summed E-state index contributed by atoms with van der Waals surface area (Å²) in [6, 6.07) is 6.16. The van der Waals surface area contributed by atoms with E-state index in [9.17, 15) is 5.11 Å². The van der Waals surface area contributed by atoms with Gasteiger partial charge in [-0.25, -0.2) is 0 Å². The van der Waals surface area contributed by atoms with E-state index in [-0.39, 0.29) is 6.61 Å². The van der Waals surface area contributed by atoms with E-state index in [0.717, 1.165) is 35.8 Å². The Hall–Kier alpha value is -0.770. The highest BCUT2D eigenvalue weighted by molar-refractivity contribution is 6.30. The van der Waals surface area contributed by atoms with E-state index < -0.39 is 0 Å². The predicted octanol–water partition coefficient (Wildman–Crippen LogP) is 2.59. The van der Waals surface area contributed by atoms with Gasteiger partial charge in [-0.3, -0.25) is 0 Å². The first-order valence-corrected chi connectivity index (χ1v) is 6.95. The van der Waals surface area contributed by atoms with Crippen LogP contribution >= 0.6 is 11.6 Å². The fraction of sp³-hybridized carbons (Fsp3) is 0.571. The molecule has 1 heterocycles. The highest BCUT2D eigenvalue weighted by Crippen LogP contribution is 2.35. The van der Waals surface area contributed by atoms with Crippen molar-refractivity contribution in [3.05, 3.63) is 28.8 Å².